The molecule has 0 aliphatic rings. The number of nitrogens with zero attached hydrogens (tertiary/aromatic N) is 3. The molecule has 2 heterocycles. The molecule has 8 rings (SSSR count). The van der Waals surface area contributed by atoms with Crippen LogP contribution in [0.25, 0.3) is 66.1 Å². The molecule has 192 valence electrons. The van der Waals surface area contributed by atoms with Crippen molar-refractivity contribution < 1.29 is 0 Å². The standard InChI is InChI=1S/C37H22ClN3/c38-32-13-8-16-35(31(32)23-39)41-34-15-7-5-12-28(34)30-22-25(18-20-37(30)41)24-17-19-36-29(21-24)27-11-4-6-14-33(27)40(36)26-9-2-1-3-10-26/h1-22H. The zero-order chi connectivity index (χ0) is 27.5. The van der Waals surface area contributed by atoms with Gasteiger partial charge in [-0.2, -0.15) is 5.26 Å². The molecule has 41 heavy (non-hydrogen) atoms. The van der Waals surface area contributed by atoms with Crippen molar-refractivity contribution in [2.45, 2.75) is 0 Å². The van der Waals surface area contributed by atoms with Gasteiger partial charge in [0.2, 0.25) is 0 Å². The van der Waals surface area contributed by atoms with Crippen LogP contribution in [0.1, 0.15) is 5.56 Å². The monoisotopic (exact) mass is 543 g/mol. The Morgan fingerprint density at radius 2 is 1.02 bits per heavy atom. The fourth-order valence-corrected chi connectivity index (χ4v) is 6.44. The molecule has 3 nitrogen and oxygen atoms in total. The van der Waals surface area contributed by atoms with E-state index in [1.165, 1.54) is 21.8 Å². The van der Waals surface area contributed by atoms with E-state index in [2.05, 4.69) is 124 Å². The Morgan fingerprint density at radius 1 is 0.488 bits per heavy atom. The summed E-state index contributed by atoms with van der Waals surface area (Å²) < 4.78 is 4.48. The summed E-state index contributed by atoms with van der Waals surface area (Å²) in [6, 6.07) is 48.7. The van der Waals surface area contributed by atoms with Gasteiger partial charge in [-0.15, -0.1) is 0 Å². The number of nitriles is 1. The predicted octanol–water partition coefficient (Wildman–Crippen LogP) is 10.1. The van der Waals surface area contributed by atoms with Crippen molar-refractivity contribution in [1.82, 2.24) is 9.13 Å². The van der Waals surface area contributed by atoms with Crippen molar-refractivity contribution in [3.05, 3.63) is 144 Å². The number of aromatic nitrogens is 2. The number of fused-ring (bicyclic) bond motifs is 6. The van der Waals surface area contributed by atoms with E-state index < -0.39 is 0 Å². The third-order valence-corrected chi connectivity index (χ3v) is 8.35. The SMILES string of the molecule is N#Cc1c(Cl)cccc1-n1c2ccccc2c2cc(-c3ccc4c(c3)c3ccccc3n4-c3ccccc3)ccc21. The quantitative estimate of drug-likeness (QED) is 0.218. The third-order valence-electron chi connectivity index (χ3n) is 8.04. The van der Waals surface area contributed by atoms with Crippen LogP contribution in [0, 0.1) is 11.3 Å². The second-order valence-corrected chi connectivity index (χ2v) is 10.7. The van der Waals surface area contributed by atoms with Gasteiger partial charge in [-0.1, -0.05) is 84.4 Å². The van der Waals surface area contributed by atoms with Gasteiger partial charge in [-0.05, 0) is 71.8 Å². The molecule has 0 saturated heterocycles. The molecule has 6 aromatic carbocycles. The number of rotatable bonds is 3. The van der Waals surface area contributed by atoms with Crippen LogP contribution in [-0.4, -0.2) is 9.13 Å². The molecule has 0 bridgehead atoms. The molecule has 0 unspecified atom stereocenters. The molecule has 0 atom stereocenters. The van der Waals surface area contributed by atoms with Gasteiger partial charge in [0.1, 0.15) is 6.07 Å². The summed E-state index contributed by atoms with van der Waals surface area (Å²) in [5, 5.41) is 15.1. The lowest BCUT2D eigenvalue weighted by atomic mass is 10.0. The number of halogens is 1. The van der Waals surface area contributed by atoms with E-state index in [1.54, 1.807) is 6.07 Å². The van der Waals surface area contributed by atoms with E-state index in [0.29, 0.717) is 10.6 Å². The molecule has 0 fully saturated rings. The fourth-order valence-electron chi connectivity index (χ4n) is 6.23. The third kappa shape index (κ3) is 3.52. The first-order valence-electron chi connectivity index (χ1n) is 13.5. The van der Waals surface area contributed by atoms with Gasteiger partial charge in [0.05, 0.1) is 38.3 Å². The maximum atomic E-state index is 9.92. The number of para-hydroxylation sites is 3. The minimum atomic E-state index is 0.454. The lowest BCUT2D eigenvalue weighted by molar-refractivity contribution is 1.17. The van der Waals surface area contributed by atoms with Crippen molar-refractivity contribution in [2.75, 3.05) is 0 Å². The molecule has 0 N–H and O–H groups in total. The summed E-state index contributed by atoms with van der Waals surface area (Å²) in [6.07, 6.45) is 0. The van der Waals surface area contributed by atoms with E-state index >= 15 is 0 Å². The molecular weight excluding hydrogens is 522 g/mol. The Morgan fingerprint density at radius 3 is 1.66 bits per heavy atom. The van der Waals surface area contributed by atoms with E-state index in [0.717, 1.165) is 44.3 Å². The first kappa shape index (κ1) is 23.6. The van der Waals surface area contributed by atoms with Crippen molar-refractivity contribution in [3.8, 4) is 28.6 Å². The smallest absolute Gasteiger partial charge is 0.103 e. The predicted molar refractivity (Wildman–Crippen MR) is 170 cm³/mol. The normalized spacial score (nSPS) is 11.5. The summed E-state index contributed by atoms with van der Waals surface area (Å²) >= 11 is 6.45. The largest absolute Gasteiger partial charge is 0.309 e. The average Bonchev–Trinajstić information content (AvgIpc) is 3.53. The Balaban J connectivity index is 1.37. The maximum Gasteiger partial charge on any atom is 0.103 e. The minimum Gasteiger partial charge on any atom is -0.309 e. The lowest BCUT2D eigenvalue weighted by Crippen LogP contribution is -1.97. The molecular formula is C37H22ClN3. The number of benzene rings is 6. The van der Waals surface area contributed by atoms with Crippen LogP contribution in [0.2, 0.25) is 5.02 Å². The zero-order valence-electron chi connectivity index (χ0n) is 21.9. The van der Waals surface area contributed by atoms with Gasteiger partial charge in [0.25, 0.3) is 0 Å². The van der Waals surface area contributed by atoms with Crippen molar-refractivity contribution in [1.29, 1.82) is 5.26 Å². The molecule has 0 aliphatic carbocycles. The van der Waals surface area contributed by atoms with Gasteiger partial charge in [0.15, 0.2) is 0 Å². The Kier molecular flexibility index (Phi) is 5.25. The Labute approximate surface area is 241 Å². The summed E-state index contributed by atoms with van der Waals surface area (Å²) in [5.74, 6) is 0. The van der Waals surface area contributed by atoms with Gasteiger partial charge in [0, 0.05) is 27.2 Å². The van der Waals surface area contributed by atoms with Gasteiger partial charge in [-0.3, -0.25) is 0 Å². The highest BCUT2D eigenvalue weighted by molar-refractivity contribution is 6.32. The average molecular weight is 544 g/mol. The van der Waals surface area contributed by atoms with Crippen molar-refractivity contribution >= 4 is 55.2 Å². The van der Waals surface area contributed by atoms with Gasteiger partial charge < -0.3 is 9.13 Å². The molecule has 2 aromatic heterocycles. The highest BCUT2D eigenvalue weighted by atomic mass is 35.5. The second-order valence-electron chi connectivity index (χ2n) is 10.3. The zero-order valence-corrected chi connectivity index (χ0v) is 22.7. The Hall–Kier alpha value is -5.30. The van der Waals surface area contributed by atoms with Crippen LogP contribution in [0.4, 0.5) is 0 Å². The van der Waals surface area contributed by atoms with Crippen LogP contribution in [-0.2, 0) is 0 Å². The van der Waals surface area contributed by atoms with E-state index in [4.69, 9.17) is 11.6 Å². The van der Waals surface area contributed by atoms with Crippen LogP contribution in [0.15, 0.2) is 133 Å². The summed E-state index contributed by atoms with van der Waals surface area (Å²) in [7, 11) is 0. The topological polar surface area (TPSA) is 33.6 Å². The molecule has 8 aromatic rings. The lowest BCUT2D eigenvalue weighted by Gasteiger charge is -2.11. The van der Waals surface area contributed by atoms with Gasteiger partial charge >= 0.3 is 0 Å². The summed E-state index contributed by atoms with van der Waals surface area (Å²) in [5.41, 5.74) is 9.17. The highest BCUT2D eigenvalue weighted by Crippen LogP contribution is 2.39. The summed E-state index contributed by atoms with van der Waals surface area (Å²) in [4.78, 5) is 0. The van der Waals surface area contributed by atoms with Crippen LogP contribution >= 0.6 is 11.6 Å². The van der Waals surface area contributed by atoms with Crippen LogP contribution < -0.4 is 0 Å². The summed E-state index contributed by atoms with van der Waals surface area (Å²) in [6.45, 7) is 0. The first-order valence-corrected chi connectivity index (χ1v) is 13.9. The van der Waals surface area contributed by atoms with Crippen molar-refractivity contribution in [3.63, 3.8) is 0 Å². The fraction of sp³-hybridized carbons (Fsp3) is 0. The molecule has 0 aliphatic heterocycles. The second kappa shape index (κ2) is 9.13. The van der Waals surface area contributed by atoms with E-state index in [-0.39, 0.29) is 0 Å². The molecule has 0 saturated carbocycles. The minimum absolute atomic E-state index is 0.454. The molecule has 0 radical (unpaired) electrons. The van der Waals surface area contributed by atoms with E-state index in [1.807, 2.05) is 18.2 Å². The Bertz CT molecular complexity index is 2340. The molecule has 4 heteroatoms. The van der Waals surface area contributed by atoms with Gasteiger partial charge in [-0.25, -0.2) is 0 Å². The van der Waals surface area contributed by atoms with Crippen molar-refractivity contribution in [2.24, 2.45) is 0 Å². The number of hydrogen-bond acceptors (Lipinski definition) is 1. The number of hydrogen-bond donors (Lipinski definition) is 0. The van der Waals surface area contributed by atoms with E-state index in [9.17, 15) is 5.26 Å². The first-order chi connectivity index (χ1) is 20.2. The van der Waals surface area contributed by atoms with Crippen LogP contribution in [0.5, 0.6) is 0 Å². The molecule has 0 amide bonds. The molecule has 0 spiro atoms. The van der Waals surface area contributed by atoms with Crippen LogP contribution in [0.3, 0.4) is 0 Å². The maximum absolute atomic E-state index is 9.92. The highest BCUT2D eigenvalue weighted by Gasteiger charge is 2.18.